The maximum Gasteiger partial charge on any atom is 0.326 e. The summed E-state index contributed by atoms with van der Waals surface area (Å²) in [5.74, 6) is -1.31. The Morgan fingerprint density at radius 2 is 1.57 bits per heavy atom. The van der Waals surface area contributed by atoms with Crippen molar-refractivity contribution in [2.75, 3.05) is 18.1 Å². The quantitative estimate of drug-likeness (QED) is 0.117. The van der Waals surface area contributed by atoms with Crippen molar-refractivity contribution in [2.24, 2.45) is 5.41 Å². The number of aryl methyl sites for hydroxylation is 1. The summed E-state index contributed by atoms with van der Waals surface area (Å²) in [5.41, 5.74) is 2.59. The second-order valence-electron chi connectivity index (χ2n) is 14.8. The molecule has 1 saturated carbocycles. The number of para-hydroxylation sites is 1. The maximum absolute atomic E-state index is 14.2. The predicted octanol–water partition coefficient (Wildman–Crippen LogP) is 4.90. The van der Waals surface area contributed by atoms with Crippen LogP contribution in [0.25, 0.3) is 0 Å². The number of pyridine rings is 1. The van der Waals surface area contributed by atoms with Crippen LogP contribution in [0.3, 0.4) is 0 Å². The Balaban J connectivity index is 1.25. The Bertz CT molecular complexity index is 1910. The van der Waals surface area contributed by atoms with Gasteiger partial charge in [0.1, 0.15) is 24.2 Å². The molecule has 4 unspecified atom stereocenters. The third kappa shape index (κ3) is 9.91. The van der Waals surface area contributed by atoms with Gasteiger partial charge in [-0.15, -0.1) is 0 Å². The molecule has 12 heteroatoms. The van der Waals surface area contributed by atoms with Crippen LogP contribution in [0.15, 0.2) is 109 Å². The van der Waals surface area contributed by atoms with E-state index < -0.39 is 35.9 Å². The van der Waals surface area contributed by atoms with Crippen molar-refractivity contribution in [3.05, 3.63) is 126 Å². The first kappa shape index (κ1) is 39.9. The van der Waals surface area contributed by atoms with Crippen LogP contribution in [0.1, 0.15) is 62.1 Å². The number of aliphatic hydroxyl groups is 1. The Kier molecular flexibility index (Phi) is 13.4. The number of rotatable bonds is 17. The topological polar surface area (TPSA) is 161 Å². The number of aliphatic carboxylic acids is 1. The van der Waals surface area contributed by atoms with Gasteiger partial charge in [0.05, 0.1) is 11.5 Å². The van der Waals surface area contributed by atoms with Crippen LogP contribution in [0, 0.1) is 5.41 Å². The number of anilines is 1. The SMILES string of the molecule is CC(=O)NCCC1(C(=O)NC(Cc2ccc(N3C(O)C(Cc4cccnc4)N(C(=O)COc4ccccc4)C3CCc3ccccc3)cc2)C(=O)O)CCCC1. The summed E-state index contributed by atoms with van der Waals surface area (Å²) < 4.78 is 5.93. The molecule has 1 saturated heterocycles. The van der Waals surface area contributed by atoms with Crippen LogP contribution in [-0.4, -0.2) is 81.4 Å². The zero-order valence-corrected chi connectivity index (χ0v) is 31.8. The summed E-state index contributed by atoms with van der Waals surface area (Å²) in [4.78, 5) is 59.7. The molecule has 6 rings (SSSR count). The Morgan fingerprint density at radius 3 is 2.21 bits per heavy atom. The number of carbonyl (C=O) groups excluding carboxylic acids is 3. The summed E-state index contributed by atoms with van der Waals surface area (Å²) in [6.45, 7) is 1.56. The van der Waals surface area contributed by atoms with Crippen molar-refractivity contribution in [1.29, 1.82) is 0 Å². The molecule has 1 aromatic heterocycles. The minimum atomic E-state index is -1.16. The fourth-order valence-electron chi connectivity index (χ4n) is 8.13. The summed E-state index contributed by atoms with van der Waals surface area (Å²) in [5, 5.41) is 27.9. The fourth-order valence-corrected chi connectivity index (χ4v) is 8.13. The summed E-state index contributed by atoms with van der Waals surface area (Å²) in [6.07, 6.45) is 6.81. The Labute approximate surface area is 327 Å². The molecule has 1 aliphatic heterocycles. The van der Waals surface area contributed by atoms with E-state index in [4.69, 9.17) is 4.74 Å². The number of carboxylic acid groups (broad SMARTS) is 1. The van der Waals surface area contributed by atoms with E-state index in [1.165, 1.54) is 6.92 Å². The minimum absolute atomic E-state index is 0.0498. The molecule has 294 valence electrons. The number of hydrogen-bond acceptors (Lipinski definition) is 8. The zero-order valence-electron chi connectivity index (χ0n) is 31.8. The van der Waals surface area contributed by atoms with Gasteiger partial charge >= 0.3 is 5.97 Å². The second kappa shape index (κ2) is 18.7. The van der Waals surface area contributed by atoms with Gasteiger partial charge in [0, 0.05) is 38.0 Å². The van der Waals surface area contributed by atoms with Gasteiger partial charge < -0.3 is 35.4 Å². The van der Waals surface area contributed by atoms with Crippen molar-refractivity contribution < 1.29 is 34.1 Å². The lowest BCUT2D eigenvalue weighted by molar-refractivity contribution is -0.144. The average molecular weight is 762 g/mol. The van der Waals surface area contributed by atoms with E-state index in [1.54, 1.807) is 41.6 Å². The lowest BCUT2D eigenvalue weighted by atomic mass is 9.81. The van der Waals surface area contributed by atoms with E-state index in [9.17, 15) is 29.4 Å². The number of carboxylic acids is 1. The molecule has 2 fully saturated rings. The van der Waals surface area contributed by atoms with Crippen LogP contribution >= 0.6 is 0 Å². The highest BCUT2D eigenvalue weighted by Gasteiger charge is 2.48. The third-order valence-corrected chi connectivity index (χ3v) is 11.0. The summed E-state index contributed by atoms with van der Waals surface area (Å²) in [7, 11) is 0. The molecular weight excluding hydrogens is 711 g/mol. The van der Waals surface area contributed by atoms with E-state index >= 15 is 0 Å². The van der Waals surface area contributed by atoms with E-state index in [1.807, 2.05) is 77.7 Å². The summed E-state index contributed by atoms with van der Waals surface area (Å²) in [6, 6.07) is 28.4. The highest BCUT2D eigenvalue weighted by Crippen LogP contribution is 2.41. The van der Waals surface area contributed by atoms with E-state index in [0.29, 0.717) is 62.1 Å². The van der Waals surface area contributed by atoms with Crippen LogP contribution in [0.5, 0.6) is 5.75 Å². The lowest BCUT2D eigenvalue weighted by Crippen LogP contribution is -2.49. The van der Waals surface area contributed by atoms with Crippen molar-refractivity contribution in [3.63, 3.8) is 0 Å². The first-order chi connectivity index (χ1) is 27.1. The normalized spacial score (nSPS) is 19.3. The highest BCUT2D eigenvalue weighted by molar-refractivity contribution is 5.88. The molecule has 12 nitrogen and oxygen atoms in total. The van der Waals surface area contributed by atoms with Crippen molar-refractivity contribution in [3.8, 4) is 5.75 Å². The van der Waals surface area contributed by atoms with Gasteiger partial charge in [0.2, 0.25) is 11.8 Å². The molecule has 0 spiro atoms. The predicted molar refractivity (Wildman–Crippen MR) is 211 cm³/mol. The number of amides is 3. The van der Waals surface area contributed by atoms with Crippen LogP contribution < -0.4 is 20.3 Å². The zero-order chi connectivity index (χ0) is 39.5. The molecular formula is C44H51N5O7. The van der Waals surface area contributed by atoms with Gasteiger partial charge in [0.25, 0.3) is 5.91 Å². The van der Waals surface area contributed by atoms with Crippen molar-refractivity contribution in [1.82, 2.24) is 20.5 Å². The van der Waals surface area contributed by atoms with Gasteiger partial charge in [-0.05, 0) is 85.5 Å². The number of benzene rings is 3. The molecule has 2 aliphatic rings. The number of ether oxygens (including phenoxy) is 1. The van der Waals surface area contributed by atoms with Crippen LogP contribution in [0.4, 0.5) is 5.69 Å². The van der Waals surface area contributed by atoms with Crippen LogP contribution in [-0.2, 0) is 38.4 Å². The molecule has 4 N–H and O–H groups in total. The van der Waals surface area contributed by atoms with Gasteiger partial charge in [-0.1, -0.05) is 79.6 Å². The van der Waals surface area contributed by atoms with Crippen molar-refractivity contribution >= 4 is 29.4 Å². The average Bonchev–Trinajstić information content (AvgIpc) is 3.80. The molecule has 3 amide bonds. The van der Waals surface area contributed by atoms with E-state index in [-0.39, 0.29) is 30.7 Å². The number of aromatic nitrogens is 1. The van der Waals surface area contributed by atoms with Gasteiger partial charge in [-0.2, -0.15) is 0 Å². The van der Waals surface area contributed by atoms with Gasteiger partial charge in [-0.25, -0.2) is 4.79 Å². The Hall–Kier alpha value is -5.75. The smallest absolute Gasteiger partial charge is 0.326 e. The lowest BCUT2D eigenvalue weighted by Gasteiger charge is -2.33. The van der Waals surface area contributed by atoms with Crippen molar-refractivity contribution in [2.45, 2.75) is 89.2 Å². The number of hydrogen-bond donors (Lipinski definition) is 4. The third-order valence-electron chi connectivity index (χ3n) is 11.0. The Morgan fingerprint density at radius 1 is 0.893 bits per heavy atom. The highest BCUT2D eigenvalue weighted by atomic mass is 16.5. The molecule has 3 aromatic carbocycles. The fraction of sp³-hybridized carbons (Fsp3) is 0.386. The molecule has 4 aromatic rings. The second-order valence-corrected chi connectivity index (χ2v) is 14.8. The number of nitrogens with zero attached hydrogens (tertiary/aromatic N) is 3. The molecule has 2 heterocycles. The standard InChI is InChI=1S/C44H51N5O7/c1-31(50)46-26-24-44(22-8-9-23-44)43(55)47-37(42(53)54)27-33-16-19-35(20-17-33)48-39(21-18-32-11-4-2-5-12-32)49(40(51)30-56-36-14-6-3-7-15-36)38(41(48)52)28-34-13-10-25-45-29-34/h2-7,10-17,19-20,25,29,37-39,41,52H,8-9,18,21-24,26-28,30H2,1H3,(H,46,50)(H,47,55)(H,53,54). The minimum Gasteiger partial charge on any atom is -0.484 e. The largest absolute Gasteiger partial charge is 0.484 e. The summed E-state index contributed by atoms with van der Waals surface area (Å²) >= 11 is 0. The van der Waals surface area contributed by atoms with Crippen LogP contribution in [0.2, 0.25) is 0 Å². The monoisotopic (exact) mass is 761 g/mol. The number of nitrogens with one attached hydrogen (secondary N) is 2. The first-order valence-corrected chi connectivity index (χ1v) is 19.4. The van der Waals surface area contributed by atoms with Gasteiger partial charge in [-0.3, -0.25) is 19.4 Å². The number of carbonyl (C=O) groups is 4. The molecule has 56 heavy (non-hydrogen) atoms. The first-order valence-electron chi connectivity index (χ1n) is 19.4. The molecule has 0 radical (unpaired) electrons. The molecule has 4 atom stereocenters. The molecule has 0 bridgehead atoms. The van der Waals surface area contributed by atoms with E-state index in [0.717, 1.165) is 24.0 Å². The maximum atomic E-state index is 14.2. The molecule has 1 aliphatic carbocycles. The van der Waals surface area contributed by atoms with Gasteiger partial charge in [0.15, 0.2) is 6.61 Å². The van der Waals surface area contributed by atoms with E-state index in [2.05, 4.69) is 15.6 Å². The number of aliphatic hydroxyl groups excluding tert-OH is 1.